The number of azo groups is 2. The van der Waals surface area contributed by atoms with Crippen molar-refractivity contribution in [3.63, 3.8) is 0 Å². The smallest absolute Gasteiger partial charge is 0.186 e. The van der Waals surface area contributed by atoms with Gasteiger partial charge in [0.2, 0.25) is 0 Å². The lowest BCUT2D eigenvalue weighted by Gasteiger charge is -2.31. The van der Waals surface area contributed by atoms with Gasteiger partial charge < -0.3 is 0 Å². The van der Waals surface area contributed by atoms with E-state index in [0.29, 0.717) is 32.8 Å². The first-order valence-electron chi connectivity index (χ1n) is 19.9. The fraction of sp³-hybridized carbons (Fsp3) is 0.320. The monoisotopic (exact) mass is 874 g/mol. The van der Waals surface area contributed by atoms with Crippen LogP contribution in [0, 0.1) is 21.7 Å². The van der Waals surface area contributed by atoms with Crippen molar-refractivity contribution < 1.29 is 9.59 Å². The van der Waals surface area contributed by atoms with E-state index in [1.165, 1.54) is 0 Å². The number of carbonyl (C=O) groups is 2. The maximum atomic E-state index is 13.9. The predicted molar refractivity (Wildman–Crippen MR) is 254 cm³/mol. The highest BCUT2D eigenvalue weighted by molar-refractivity contribution is 7.23. The molecule has 0 unspecified atom stereocenters. The van der Waals surface area contributed by atoms with E-state index < -0.39 is 21.7 Å². The maximum absolute atomic E-state index is 13.9. The minimum absolute atomic E-state index is 0.0557. The average Bonchev–Trinajstić information content (AvgIpc) is 3.83. The van der Waals surface area contributed by atoms with Gasteiger partial charge in [-0.25, -0.2) is 0 Å². The molecular formula is C50H52Cl2N4O2S2. The molecule has 2 aliphatic rings. The van der Waals surface area contributed by atoms with Crippen LogP contribution in [0.4, 0.5) is 11.4 Å². The third kappa shape index (κ3) is 10.3. The molecular weight excluding hydrogens is 824 g/mol. The fourth-order valence-corrected chi connectivity index (χ4v) is 9.05. The molecule has 0 aliphatic heterocycles. The molecule has 0 radical (unpaired) electrons. The molecule has 2 heterocycles. The first-order valence-corrected chi connectivity index (χ1v) is 22.3. The summed E-state index contributed by atoms with van der Waals surface area (Å²) in [6.07, 6.45) is 7.92. The van der Waals surface area contributed by atoms with Gasteiger partial charge in [-0.05, 0) is 119 Å². The second-order valence-electron chi connectivity index (χ2n) is 19.2. The lowest BCUT2D eigenvalue weighted by molar-refractivity contribution is -0.114. The molecule has 0 fully saturated rings. The first-order chi connectivity index (χ1) is 27.9. The molecule has 6 rings (SSSR count). The largest absolute Gasteiger partial charge is 0.289 e. The van der Waals surface area contributed by atoms with Gasteiger partial charge in [-0.2, -0.15) is 10.2 Å². The molecule has 0 saturated heterocycles. The van der Waals surface area contributed by atoms with E-state index in [9.17, 15) is 9.59 Å². The molecule has 60 heavy (non-hydrogen) atoms. The van der Waals surface area contributed by atoms with Gasteiger partial charge in [0.25, 0.3) is 0 Å². The molecule has 0 N–H and O–H groups in total. The molecule has 2 aromatic heterocycles. The number of rotatable bonds is 7. The number of thiophene rings is 2. The number of Topliss-reactive ketones (excluding diaryl/α,β-unsaturated/α-hetero) is 2. The number of ketones is 2. The molecule has 0 bridgehead atoms. The Morgan fingerprint density at radius 3 is 0.983 bits per heavy atom. The number of benzene rings is 2. The summed E-state index contributed by atoms with van der Waals surface area (Å²) in [7, 11) is 0. The zero-order chi connectivity index (χ0) is 43.9. The molecule has 2 aromatic carbocycles. The Labute approximate surface area is 373 Å². The Hall–Kier alpha value is -4.60. The van der Waals surface area contributed by atoms with Crippen LogP contribution in [0.5, 0.6) is 0 Å². The lowest BCUT2D eigenvalue weighted by Crippen LogP contribution is -2.28. The van der Waals surface area contributed by atoms with E-state index in [-0.39, 0.29) is 11.6 Å². The minimum Gasteiger partial charge on any atom is -0.289 e. The number of carbonyl (C=O) groups excluding carboxylic acids is 2. The van der Waals surface area contributed by atoms with Crippen molar-refractivity contribution in [2.45, 2.75) is 83.1 Å². The van der Waals surface area contributed by atoms with E-state index in [2.05, 4.69) is 118 Å². The number of nitrogens with zero attached hydrogens (tertiary/aromatic N) is 4. The number of hydrogen-bond acceptors (Lipinski definition) is 8. The third-order valence-electron chi connectivity index (χ3n) is 10.1. The summed E-state index contributed by atoms with van der Waals surface area (Å²) in [6.45, 7) is 24.8. The molecule has 0 atom stereocenters. The van der Waals surface area contributed by atoms with Gasteiger partial charge in [0, 0.05) is 53.2 Å². The highest BCUT2D eigenvalue weighted by Crippen LogP contribution is 2.46. The van der Waals surface area contributed by atoms with Crippen LogP contribution in [0.15, 0.2) is 151 Å². The molecule has 310 valence electrons. The van der Waals surface area contributed by atoms with Gasteiger partial charge in [-0.3, -0.25) is 9.59 Å². The summed E-state index contributed by atoms with van der Waals surface area (Å²) in [6, 6.07) is 22.8. The summed E-state index contributed by atoms with van der Waals surface area (Å²) in [5, 5.41) is 20.3. The predicted octanol–water partition coefficient (Wildman–Crippen LogP) is 16.8. The van der Waals surface area contributed by atoms with Crippen molar-refractivity contribution >= 4 is 80.2 Å². The van der Waals surface area contributed by atoms with E-state index in [1.54, 1.807) is 46.9 Å². The van der Waals surface area contributed by atoms with Crippen LogP contribution in [0.1, 0.15) is 92.8 Å². The SMILES string of the molecule is CC(C)(C)C1=CC(=C(/N=N/c2ccc(Cl)cc2)c2ccc(-c3ccc(C(/N=N/c4ccc(Cl)cc4)=C4C=C(C(C)(C)C)C(=O)C(C(C)(C)C)=C4)s3)s2)C=C(C(C)(C)C)C1=O. The molecule has 10 heteroatoms. The van der Waals surface area contributed by atoms with Gasteiger partial charge in [-0.15, -0.1) is 32.9 Å². The van der Waals surface area contributed by atoms with Crippen LogP contribution in [-0.2, 0) is 9.59 Å². The lowest BCUT2D eigenvalue weighted by atomic mass is 9.71. The highest BCUT2D eigenvalue weighted by Gasteiger charge is 2.36. The Morgan fingerprint density at radius 1 is 0.433 bits per heavy atom. The van der Waals surface area contributed by atoms with E-state index in [4.69, 9.17) is 33.4 Å². The zero-order valence-corrected chi connectivity index (χ0v) is 39.6. The van der Waals surface area contributed by atoms with E-state index in [1.807, 2.05) is 48.6 Å². The van der Waals surface area contributed by atoms with Gasteiger partial charge in [0.15, 0.2) is 11.6 Å². The molecule has 0 spiro atoms. The van der Waals surface area contributed by atoms with Crippen LogP contribution >= 0.6 is 45.9 Å². The van der Waals surface area contributed by atoms with Crippen molar-refractivity contribution in [2.75, 3.05) is 0 Å². The first kappa shape index (κ1) is 44.9. The number of hydrogen-bond donors (Lipinski definition) is 0. The summed E-state index contributed by atoms with van der Waals surface area (Å²) in [5.74, 6) is 0.111. The molecule has 0 saturated carbocycles. The summed E-state index contributed by atoms with van der Waals surface area (Å²) < 4.78 is 0. The zero-order valence-electron chi connectivity index (χ0n) is 36.4. The molecule has 6 nitrogen and oxygen atoms in total. The summed E-state index contributed by atoms with van der Waals surface area (Å²) in [5.41, 5.74) is 5.65. The van der Waals surface area contributed by atoms with E-state index in [0.717, 1.165) is 52.9 Å². The molecule has 0 amide bonds. The van der Waals surface area contributed by atoms with Crippen LogP contribution in [0.3, 0.4) is 0 Å². The average molecular weight is 876 g/mol. The van der Waals surface area contributed by atoms with Crippen molar-refractivity contribution in [1.29, 1.82) is 0 Å². The molecule has 2 aliphatic carbocycles. The normalized spacial score (nSPS) is 15.8. The number of allylic oxidation sites excluding steroid dienone is 10. The van der Waals surface area contributed by atoms with Crippen LogP contribution in [0.2, 0.25) is 10.0 Å². The standard InChI is InChI=1S/C50H52Cl2N4O2S2/c1-47(2,3)35-25-29(26-36(45(35)57)48(4,5)6)43(55-53-33-17-13-31(51)14-18-33)41-23-21-39(59-41)40-22-24-42(60-40)44(56-54-34-19-15-32(52)16-20-34)30-27-37(49(7,8)9)46(58)38(28-30)50(10,11)12/h13-28H,1-12H3/b55-53+,56-54+. The van der Waals surface area contributed by atoms with Crippen molar-refractivity contribution in [3.8, 4) is 9.75 Å². The third-order valence-corrected chi connectivity index (χ3v) is 12.9. The van der Waals surface area contributed by atoms with Crippen LogP contribution in [0.25, 0.3) is 21.1 Å². The fourth-order valence-electron chi connectivity index (χ4n) is 6.68. The second kappa shape index (κ2) is 17.0. The quantitative estimate of drug-likeness (QED) is 0.173. The Bertz CT molecular complexity index is 2340. The van der Waals surface area contributed by atoms with Gasteiger partial charge in [0.1, 0.15) is 11.4 Å². The van der Waals surface area contributed by atoms with Gasteiger partial charge in [0.05, 0.1) is 21.1 Å². The Balaban J connectivity index is 1.52. The second-order valence-corrected chi connectivity index (χ2v) is 22.2. The van der Waals surface area contributed by atoms with Crippen LogP contribution in [-0.4, -0.2) is 11.6 Å². The van der Waals surface area contributed by atoms with Gasteiger partial charge in [-0.1, -0.05) is 106 Å². The highest BCUT2D eigenvalue weighted by atomic mass is 35.5. The van der Waals surface area contributed by atoms with Crippen molar-refractivity contribution in [2.24, 2.45) is 42.1 Å². The van der Waals surface area contributed by atoms with E-state index >= 15 is 0 Å². The van der Waals surface area contributed by atoms with Crippen molar-refractivity contribution in [3.05, 3.63) is 150 Å². The summed E-state index contributed by atoms with van der Waals surface area (Å²) in [4.78, 5) is 31.7. The Kier molecular flexibility index (Phi) is 12.8. The Morgan fingerprint density at radius 2 is 0.717 bits per heavy atom. The minimum atomic E-state index is -0.395. The van der Waals surface area contributed by atoms with Crippen molar-refractivity contribution in [1.82, 2.24) is 0 Å². The topological polar surface area (TPSA) is 83.6 Å². The number of halogens is 2. The maximum Gasteiger partial charge on any atom is 0.186 e. The summed E-state index contributed by atoms with van der Waals surface area (Å²) >= 11 is 15.6. The molecule has 4 aromatic rings. The van der Waals surface area contributed by atoms with Gasteiger partial charge >= 0.3 is 0 Å². The van der Waals surface area contributed by atoms with Crippen LogP contribution < -0.4 is 0 Å².